The Morgan fingerprint density at radius 1 is 1.31 bits per heavy atom. The number of ether oxygens (including phenoxy) is 2. The van der Waals surface area contributed by atoms with Gasteiger partial charge < -0.3 is 14.4 Å². The molecule has 0 unspecified atom stereocenters. The number of amides is 1. The number of benzene rings is 1. The van der Waals surface area contributed by atoms with Crippen molar-refractivity contribution in [2.75, 3.05) is 13.7 Å². The van der Waals surface area contributed by atoms with Crippen LogP contribution in [0.25, 0.3) is 0 Å². The highest BCUT2D eigenvalue weighted by Gasteiger charge is 2.32. The van der Waals surface area contributed by atoms with Gasteiger partial charge in [0.15, 0.2) is 0 Å². The van der Waals surface area contributed by atoms with E-state index in [-0.39, 0.29) is 12.5 Å². The molecule has 6 heteroatoms. The van der Waals surface area contributed by atoms with Crippen molar-refractivity contribution in [3.8, 4) is 5.75 Å². The van der Waals surface area contributed by atoms with Crippen molar-refractivity contribution in [2.45, 2.75) is 52.8 Å². The van der Waals surface area contributed by atoms with Gasteiger partial charge in [0, 0.05) is 18.5 Å². The lowest BCUT2D eigenvalue weighted by Gasteiger charge is -2.20. The first-order valence-electron chi connectivity index (χ1n) is 8.90. The zero-order valence-electron chi connectivity index (χ0n) is 15.9. The van der Waals surface area contributed by atoms with E-state index in [1.54, 1.807) is 18.4 Å². The molecule has 1 aliphatic rings. The molecule has 1 aromatic heterocycles. The molecule has 1 amide bonds. The molecular formula is C20H26N2O3S. The van der Waals surface area contributed by atoms with Gasteiger partial charge in [-0.05, 0) is 56.4 Å². The lowest BCUT2D eigenvalue weighted by Crippen LogP contribution is -2.35. The SMILES string of the molecule is COCC(=O)N(Cc1csc(COc2cc(C)cc(C)c2C)n1)C1CC1. The van der Waals surface area contributed by atoms with Crippen molar-refractivity contribution in [1.29, 1.82) is 0 Å². The molecule has 5 nitrogen and oxygen atoms in total. The van der Waals surface area contributed by atoms with Gasteiger partial charge in [-0.1, -0.05) is 6.07 Å². The zero-order valence-corrected chi connectivity index (χ0v) is 16.7. The predicted molar refractivity (Wildman–Crippen MR) is 103 cm³/mol. The Morgan fingerprint density at radius 2 is 2.08 bits per heavy atom. The number of thiazole rings is 1. The van der Waals surface area contributed by atoms with E-state index in [9.17, 15) is 4.79 Å². The normalized spacial score (nSPS) is 13.7. The molecule has 0 radical (unpaired) electrons. The lowest BCUT2D eigenvalue weighted by molar-refractivity contribution is -0.136. The van der Waals surface area contributed by atoms with E-state index in [0.717, 1.165) is 34.9 Å². The third-order valence-corrected chi connectivity index (χ3v) is 5.49. The van der Waals surface area contributed by atoms with E-state index < -0.39 is 0 Å². The molecule has 26 heavy (non-hydrogen) atoms. The van der Waals surface area contributed by atoms with Gasteiger partial charge in [-0.25, -0.2) is 4.98 Å². The molecule has 1 aromatic carbocycles. The van der Waals surface area contributed by atoms with Crippen LogP contribution in [0.1, 0.15) is 40.2 Å². The van der Waals surface area contributed by atoms with E-state index in [2.05, 4.69) is 37.9 Å². The minimum atomic E-state index is 0.0339. The molecule has 0 atom stereocenters. The minimum Gasteiger partial charge on any atom is -0.486 e. The van der Waals surface area contributed by atoms with E-state index >= 15 is 0 Å². The summed E-state index contributed by atoms with van der Waals surface area (Å²) < 4.78 is 11.0. The summed E-state index contributed by atoms with van der Waals surface area (Å²) >= 11 is 1.58. The molecular weight excluding hydrogens is 348 g/mol. The average Bonchev–Trinajstić information content (AvgIpc) is 3.34. The van der Waals surface area contributed by atoms with Crippen LogP contribution in [0, 0.1) is 20.8 Å². The fourth-order valence-corrected chi connectivity index (χ4v) is 3.66. The Morgan fingerprint density at radius 3 is 2.77 bits per heavy atom. The molecule has 0 N–H and O–H groups in total. The maximum atomic E-state index is 12.2. The topological polar surface area (TPSA) is 51.7 Å². The summed E-state index contributed by atoms with van der Waals surface area (Å²) in [7, 11) is 1.55. The van der Waals surface area contributed by atoms with E-state index in [1.807, 2.05) is 10.3 Å². The fourth-order valence-electron chi connectivity index (χ4n) is 2.97. The zero-order chi connectivity index (χ0) is 18.7. The maximum Gasteiger partial charge on any atom is 0.249 e. The van der Waals surface area contributed by atoms with Crippen LogP contribution >= 0.6 is 11.3 Å². The average molecular weight is 375 g/mol. The van der Waals surface area contributed by atoms with Crippen LogP contribution in [-0.2, 0) is 22.7 Å². The van der Waals surface area contributed by atoms with Crippen molar-refractivity contribution in [2.24, 2.45) is 0 Å². The van der Waals surface area contributed by atoms with Gasteiger partial charge in [-0.3, -0.25) is 4.79 Å². The van der Waals surface area contributed by atoms with Gasteiger partial charge in [0.05, 0.1) is 12.2 Å². The molecule has 140 valence electrons. The Balaban J connectivity index is 1.62. The molecule has 0 spiro atoms. The van der Waals surface area contributed by atoms with Gasteiger partial charge in [0.25, 0.3) is 0 Å². The molecule has 1 aliphatic carbocycles. The van der Waals surface area contributed by atoms with Crippen molar-refractivity contribution in [3.05, 3.63) is 44.9 Å². The first-order valence-corrected chi connectivity index (χ1v) is 9.78. The molecule has 0 bridgehead atoms. The summed E-state index contributed by atoms with van der Waals surface area (Å²) in [6.45, 7) is 7.37. The van der Waals surface area contributed by atoms with E-state index in [0.29, 0.717) is 19.2 Å². The van der Waals surface area contributed by atoms with Crippen LogP contribution in [0.2, 0.25) is 0 Å². The monoisotopic (exact) mass is 374 g/mol. The number of carbonyl (C=O) groups excluding carboxylic acids is 1. The van der Waals surface area contributed by atoms with Crippen LogP contribution in [0.15, 0.2) is 17.5 Å². The smallest absolute Gasteiger partial charge is 0.249 e. The maximum absolute atomic E-state index is 12.2. The number of nitrogens with zero attached hydrogens (tertiary/aromatic N) is 2. The molecule has 2 aromatic rings. The number of carbonyl (C=O) groups is 1. The number of aryl methyl sites for hydroxylation is 2. The second-order valence-electron chi connectivity index (χ2n) is 6.91. The first-order chi connectivity index (χ1) is 12.5. The van der Waals surface area contributed by atoms with Crippen molar-refractivity contribution < 1.29 is 14.3 Å². The van der Waals surface area contributed by atoms with Crippen LogP contribution in [0.4, 0.5) is 0 Å². The minimum absolute atomic E-state index is 0.0339. The Labute approximate surface area is 159 Å². The highest BCUT2D eigenvalue weighted by Crippen LogP contribution is 2.29. The van der Waals surface area contributed by atoms with Crippen LogP contribution in [-0.4, -0.2) is 35.5 Å². The molecule has 1 saturated carbocycles. The van der Waals surface area contributed by atoms with Crippen molar-refractivity contribution >= 4 is 17.2 Å². The van der Waals surface area contributed by atoms with E-state index in [1.165, 1.54) is 11.1 Å². The first kappa shape index (κ1) is 18.9. The molecule has 0 aliphatic heterocycles. The summed E-state index contributed by atoms with van der Waals surface area (Å²) in [6.07, 6.45) is 2.14. The number of methoxy groups -OCH3 is 1. The highest BCUT2D eigenvalue weighted by molar-refractivity contribution is 7.09. The van der Waals surface area contributed by atoms with Crippen molar-refractivity contribution in [3.63, 3.8) is 0 Å². The van der Waals surface area contributed by atoms with Crippen LogP contribution in [0.3, 0.4) is 0 Å². The van der Waals surface area contributed by atoms with Gasteiger partial charge in [-0.2, -0.15) is 0 Å². The molecule has 3 rings (SSSR count). The third kappa shape index (κ3) is 4.62. The second-order valence-corrected chi connectivity index (χ2v) is 7.85. The van der Waals surface area contributed by atoms with Crippen LogP contribution < -0.4 is 4.74 Å². The summed E-state index contributed by atoms with van der Waals surface area (Å²) in [4.78, 5) is 18.7. The quantitative estimate of drug-likeness (QED) is 0.705. The van der Waals surface area contributed by atoms with Crippen molar-refractivity contribution in [1.82, 2.24) is 9.88 Å². The standard InChI is InChI=1S/C20H26N2O3S/c1-13-7-14(2)15(3)18(8-13)25-10-19-21-16(12-26-19)9-22(17-5-6-17)20(23)11-24-4/h7-8,12,17H,5-6,9-11H2,1-4H3. The number of hydrogen-bond donors (Lipinski definition) is 0. The van der Waals surface area contributed by atoms with Gasteiger partial charge >= 0.3 is 0 Å². The van der Waals surface area contributed by atoms with Gasteiger partial charge in [0.2, 0.25) is 5.91 Å². The predicted octanol–water partition coefficient (Wildman–Crippen LogP) is 3.78. The Bertz CT molecular complexity index is 783. The summed E-state index contributed by atoms with van der Waals surface area (Å²) in [5, 5.41) is 2.94. The van der Waals surface area contributed by atoms with Gasteiger partial charge in [0.1, 0.15) is 24.0 Å². The number of rotatable bonds is 8. The summed E-state index contributed by atoms with van der Waals surface area (Å²) in [5.41, 5.74) is 4.51. The Hall–Kier alpha value is -1.92. The molecule has 1 fully saturated rings. The van der Waals surface area contributed by atoms with Crippen LogP contribution in [0.5, 0.6) is 5.75 Å². The largest absolute Gasteiger partial charge is 0.486 e. The van der Waals surface area contributed by atoms with Gasteiger partial charge in [-0.15, -0.1) is 11.3 Å². The van der Waals surface area contributed by atoms with E-state index in [4.69, 9.17) is 9.47 Å². The third-order valence-electron chi connectivity index (χ3n) is 4.62. The summed E-state index contributed by atoms with van der Waals surface area (Å²) in [5.74, 6) is 0.945. The molecule has 0 saturated heterocycles. The lowest BCUT2D eigenvalue weighted by atomic mass is 10.1. The second kappa shape index (κ2) is 8.18. The molecule has 1 heterocycles. The number of aromatic nitrogens is 1. The number of hydrogen-bond acceptors (Lipinski definition) is 5. The highest BCUT2D eigenvalue weighted by atomic mass is 32.1. The summed E-state index contributed by atoms with van der Waals surface area (Å²) in [6, 6.07) is 4.57. The fraction of sp³-hybridized carbons (Fsp3) is 0.500. The Kier molecular flexibility index (Phi) is 5.94.